The van der Waals surface area contributed by atoms with Crippen molar-refractivity contribution in [3.8, 4) is 12.0 Å². The number of nitrogens with zero attached hydrogens (tertiary/aromatic N) is 5. The van der Waals surface area contributed by atoms with Gasteiger partial charge in [0.15, 0.2) is 0 Å². The van der Waals surface area contributed by atoms with Crippen LogP contribution in [0.2, 0.25) is 0 Å². The highest BCUT2D eigenvalue weighted by molar-refractivity contribution is 5.27. The van der Waals surface area contributed by atoms with Crippen molar-refractivity contribution in [2.45, 2.75) is 6.42 Å². The van der Waals surface area contributed by atoms with E-state index in [4.69, 9.17) is 9.47 Å². The highest BCUT2D eigenvalue weighted by Crippen LogP contribution is 2.11. The molecule has 0 aromatic carbocycles. The second-order valence-electron chi connectivity index (χ2n) is 3.24. The van der Waals surface area contributed by atoms with Crippen LogP contribution in [0.15, 0.2) is 6.33 Å². The molecule has 0 unspecified atom stereocenters. The zero-order valence-corrected chi connectivity index (χ0v) is 10.0. The van der Waals surface area contributed by atoms with Gasteiger partial charge in [0.25, 0.3) is 0 Å². The topological polar surface area (TPSA) is 111 Å². The summed E-state index contributed by atoms with van der Waals surface area (Å²) in [6, 6.07) is 0.396. The smallest absolute Gasteiger partial charge is 0.324 e. The van der Waals surface area contributed by atoms with Gasteiger partial charge in [0.05, 0.1) is 14.2 Å². The first-order chi connectivity index (χ1) is 8.81. The molecule has 0 spiro atoms. The number of ether oxygens (including phenoxy) is 2. The van der Waals surface area contributed by atoms with E-state index in [1.807, 2.05) is 0 Å². The molecule has 0 amide bonds. The first-order valence-electron chi connectivity index (χ1n) is 5.24. The summed E-state index contributed by atoms with van der Waals surface area (Å²) in [5, 5.41) is 9.54. The number of anilines is 1. The molecule has 96 valence electrons. The van der Waals surface area contributed by atoms with Gasteiger partial charge in [0, 0.05) is 13.0 Å². The maximum Gasteiger partial charge on any atom is 0.324 e. The molecule has 0 bridgehead atoms. The van der Waals surface area contributed by atoms with Gasteiger partial charge in [0.1, 0.15) is 12.2 Å². The van der Waals surface area contributed by atoms with Crippen molar-refractivity contribution in [1.29, 1.82) is 0 Å². The Balaban J connectivity index is 1.95. The summed E-state index contributed by atoms with van der Waals surface area (Å²) in [7, 11) is 2.96. The SMILES string of the molecule is COc1nc(NCCc2ncn[nH]2)nc(OC)n1. The molecule has 0 radical (unpaired) electrons. The molecule has 2 N–H and O–H groups in total. The second kappa shape index (κ2) is 5.75. The molecule has 9 nitrogen and oxygen atoms in total. The summed E-state index contributed by atoms with van der Waals surface area (Å²) in [4.78, 5) is 16.0. The lowest BCUT2D eigenvalue weighted by Gasteiger charge is -2.06. The number of aromatic amines is 1. The molecule has 9 heteroatoms. The Kier molecular flexibility index (Phi) is 3.84. The summed E-state index contributed by atoms with van der Waals surface area (Å²) < 4.78 is 9.88. The van der Waals surface area contributed by atoms with Gasteiger partial charge >= 0.3 is 12.0 Å². The van der Waals surface area contributed by atoms with Crippen LogP contribution in [0.25, 0.3) is 0 Å². The summed E-state index contributed by atoms with van der Waals surface area (Å²) in [6.07, 6.45) is 2.14. The minimum atomic E-state index is 0.198. The van der Waals surface area contributed by atoms with Crippen molar-refractivity contribution in [2.24, 2.45) is 0 Å². The van der Waals surface area contributed by atoms with Crippen LogP contribution < -0.4 is 14.8 Å². The predicted octanol–water partition coefficient (Wildman–Crippen LogP) is -0.339. The maximum atomic E-state index is 4.94. The van der Waals surface area contributed by atoms with Gasteiger partial charge in [-0.15, -0.1) is 4.98 Å². The Morgan fingerprint density at radius 1 is 1.17 bits per heavy atom. The normalized spacial score (nSPS) is 10.1. The fraction of sp³-hybridized carbons (Fsp3) is 0.444. The van der Waals surface area contributed by atoms with Gasteiger partial charge < -0.3 is 14.8 Å². The lowest BCUT2D eigenvalue weighted by atomic mass is 10.4. The molecule has 2 rings (SSSR count). The second-order valence-corrected chi connectivity index (χ2v) is 3.24. The van der Waals surface area contributed by atoms with Gasteiger partial charge in [-0.3, -0.25) is 5.10 Å². The average Bonchev–Trinajstić information content (AvgIpc) is 2.91. The number of aromatic nitrogens is 6. The van der Waals surface area contributed by atoms with Crippen molar-refractivity contribution in [3.63, 3.8) is 0 Å². The van der Waals surface area contributed by atoms with Crippen LogP contribution >= 0.6 is 0 Å². The fourth-order valence-corrected chi connectivity index (χ4v) is 1.24. The molecule has 2 heterocycles. The fourth-order valence-electron chi connectivity index (χ4n) is 1.24. The average molecular weight is 251 g/mol. The first kappa shape index (κ1) is 12.0. The number of hydrogen-bond acceptors (Lipinski definition) is 8. The predicted molar refractivity (Wildman–Crippen MR) is 61.5 cm³/mol. The third-order valence-electron chi connectivity index (χ3n) is 2.07. The molecule has 0 aliphatic carbocycles. The summed E-state index contributed by atoms with van der Waals surface area (Å²) in [6.45, 7) is 0.603. The van der Waals surface area contributed by atoms with Gasteiger partial charge in [-0.25, -0.2) is 4.98 Å². The Bertz CT molecular complexity index is 465. The number of hydrogen-bond donors (Lipinski definition) is 2. The van der Waals surface area contributed by atoms with Crippen molar-refractivity contribution in [2.75, 3.05) is 26.1 Å². The quantitative estimate of drug-likeness (QED) is 0.717. The molecule has 0 saturated heterocycles. The van der Waals surface area contributed by atoms with E-state index in [2.05, 4.69) is 35.5 Å². The van der Waals surface area contributed by atoms with Crippen LogP contribution in [-0.2, 0) is 6.42 Å². The maximum absolute atomic E-state index is 4.94. The van der Waals surface area contributed by atoms with E-state index in [1.54, 1.807) is 0 Å². The zero-order chi connectivity index (χ0) is 12.8. The van der Waals surface area contributed by atoms with Gasteiger partial charge in [-0.05, 0) is 0 Å². The molecule has 2 aromatic heterocycles. The van der Waals surface area contributed by atoms with Crippen molar-refractivity contribution >= 4 is 5.95 Å². The molecule has 0 aliphatic heterocycles. The Hall–Kier alpha value is -2.45. The molecule has 0 atom stereocenters. The zero-order valence-electron chi connectivity index (χ0n) is 10.0. The molecular formula is C9H13N7O2. The van der Waals surface area contributed by atoms with Crippen LogP contribution in [0, 0.1) is 0 Å². The molecule has 2 aromatic rings. The van der Waals surface area contributed by atoms with Crippen LogP contribution in [0.4, 0.5) is 5.95 Å². The largest absolute Gasteiger partial charge is 0.467 e. The van der Waals surface area contributed by atoms with Crippen molar-refractivity contribution in [1.82, 2.24) is 30.1 Å². The minimum absolute atomic E-state index is 0.198. The third-order valence-corrected chi connectivity index (χ3v) is 2.07. The highest BCUT2D eigenvalue weighted by atomic mass is 16.5. The van der Waals surface area contributed by atoms with Crippen molar-refractivity contribution in [3.05, 3.63) is 12.2 Å². The van der Waals surface area contributed by atoms with E-state index in [-0.39, 0.29) is 12.0 Å². The van der Waals surface area contributed by atoms with E-state index >= 15 is 0 Å². The molecule has 0 aliphatic rings. The molecule has 18 heavy (non-hydrogen) atoms. The molecular weight excluding hydrogens is 238 g/mol. The lowest BCUT2D eigenvalue weighted by Crippen LogP contribution is -2.10. The number of rotatable bonds is 6. The van der Waals surface area contributed by atoms with Gasteiger partial charge in [0.2, 0.25) is 5.95 Å². The van der Waals surface area contributed by atoms with E-state index in [0.29, 0.717) is 18.9 Å². The molecule has 0 saturated carbocycles. The summed E-state index contributed by atoms with van der Waals surface area (Å²) >= 11 is 0. The first-order valence-corrected chi connectivity index (χ1v) is 5.24. The van der Waals surface area contributed by atoms with Crippen molar-refractivity contribution < 1.29 is 9.47 Å². The highest BCUT2D eigenvalue weighted by Gasteiger charge is 2.06. The third kappa shape index (κ3) is 3.03. The van der Waals surface area contributed by atoms with Crippen LogP contribution in [0.5, 0.6) is 12.0 Å². The van der Waals surface area contributed by atoms with E-state index < -0.39 is 0 Å². The lowest BCUT2D eigenvalue weighted by molar-refractivity contribution is 0.341. The van der Waals surface area contributed by atoms with E-state index in [1.165, 1.54) is 20.5 Å². The Morgan fingerprint density at radius 3 is 2.44 bits per heavy atom. The number of methoxy groups -OCH3 is 2. The summed E-state index contributed by atoms with van der Waals surface area (Å²) in [5.74, 6) is 1.17. The molecule has 0 fully saturated rings. The monoisotopic (exact) mass is 251 g/mol. The van der Waals surface area contributed by atoms with Crippen LogP contribution in [0.1, 0.15) is 5.82 Å². The standard InChI is InChI=1S/C9H13N7O2/c1-17-8-13-7(14-9(15-8)18-2)10-4-3-6-11-5-12-16-6/h5H,3-4H2,1-2H3,(H,11,12,16)(H,10,13,14,15). The Morgan fingerprint density at radius 2 is 1.89 bits per heavy atom. The number of nitrogens with one attached hydrogen (secondary N) is 2. The van der Waals surface area contributed by atoms with Crippen LogP contribution in [-0.4, -0.2) is 50.9 Å². The minimum Gasteiger partial charge on any atom is -0.467 e. The van der Waals surface area contributed by atoms with E-state index in [0.717, 1.165) is 5.82 Å². The summed E-state index contributed by atoms with van der Waals surface area (Å²) in [5.41, 5.74) is 0. The van der Waals surface area contributed by atoms with Gasteiger partial charge in [-0.2, -0.15) is 15.1 Å². The number of H-pyrrole nitrogens is 1. The van der Waals surface area contributed by atoms with Gasteiger partial charge in [-0.1, -0.05) is 0 Å². The van der Waals surface area contributed by atoms with E-state index in [9.17, 15) is 0 Å². The van der Waals surface area contributed by atoms with Crippen LogP contribution in [0.3, 0.4) is 0 Å². The Labute approximate surface area is 103 Å².